The molecule has 0 radical (unpaired) electrons. The molecule has 0 unspecified atom stereocenters. The van der Waals surface area contributed by atoms with E-state index in [1.54, 1.807) is 12.4 Å². The third-order valence-corrected chi connectivity index (χ3v) is 3.05. The molecule has 0 fully saturated rings. The van der Waals surface area contributed by atoms with Crippen LogP contribution in [0.1, 0.15) is 28.9 Å². The van der Waals surface area contributed by atoms with Crippen LogP contribution in [-0.4, -0.2) is 15.3 Å². The Labute approximate surface area is 93.7 Å². The molecule has 3 nitrogen and oxygen atoms in total. The van der Waals surface area contributed by atoms with E-state index in [1.165, 1.54) is 0 Å². The van der Waals surface area contributed by atoms with Crippen LogP contribution in [0.2, 0.25) is 0 Å². The molecule has 16 heavy (non-hydrogen) atoms. The van der Waals surface area contributed by atoms with E-state index in [1.807, 2.05) is 24.4 Å². The van der Waals surface area contributed by atoms with Gasteiger partial charge in [-0.3, -0.25) is 9.78 Å². The summed E-state index contributed by atoms with van der Waals surface area (Å²) in [4.78, 5) is 15.7. The Morgan fingerprint density at radius 1 is 1.12 bits per heavy atom. The zero-order valence-corrected chi connectivity index (χ0v) is 8.89. The number of ketones is 1. The minimum absolute atomic E-state index is 0.272. The Morgan fingerprint density at radius 2 is 1.94 bits per heavy atom. The molecule has 0 amide bonds. The van der Waals surface area contributed by atoms with E-state index in [4.69, 9.17) is 0 Å². The van der Waals surface area contributed by atoms with Gasteiger partial charge in [-0.1, -0.05) is 0 Å². The molecule has 0 spiro atoms. The van der Waals surface area contributed by atoms with Gasteiger partial charge in [0, 0.05) is 42.0 Å². The van der Waals surface area contributed by atoms with Gasteiger partial charge in [0.25, 0.3) is 0 Å². The van der Waals surface area contributed by atoms with Gasteiger partial charge >= 0.3 is 0 Å². The maximum absolute atomic E-state index is 11.7. The van der Waals surface area contributed by atoms with E-state index in [0.717, 1.165) is 29.8 Å². The van der Waals surface area contributed by atoms with E-state index in [-0.39, 0.29) is 5.78 Å². The summed E-state index contributed by atoms with van der Waals surface area (Å²) in [6.07, 6.45) is 8.15. The van der Waals surface area contributed by atoms with Crippen LogP contribution >= 0.6 is 0 Å². The number of pyridine rings is 1. The van der Waals surface area contributed by atoms with E-state index < -0.39 is 0 Å². The molecule has 3 heteroatoms. The van der Waals surface area contributed by atoms with E-state index in [2.05, 4.69) is 9.55 Å². The standard InChI is InChI=1S/C13H12N2O/c16-13-3-1-2-12-11(13)6-9-15(12)10-4-7-14-8-5-10/h4-9H,1-3H2. The van der Waals surface area contributed by atoms with Gasteiger partial charge in [0.15, 0.2) is 5.78 Å². The van der Waals surface area contributed by atoms with Crippen LogP contribution in [0.3, 0.4) is 0 Å². The average Bonchev–Trinajstić information content (AvgIpc) is 2.75. The van der Waals surface area contributed by atoms with Gasteiger partial charge in [0.05, 0.1) is 0 Å². The van der Waals surface area contributed by atoms with Gasteiger partial charge in [0.2, 0.25) is 0 Å². The van der Waals surface area contributed by atoms with Crippen LogP contribution < -0.4 is 0 Å². The van der Waals surface area contributed by atoms with Crippen molar-refractivity contribution in [1.29, 1.82) is 0 Å². The van der Waals surface area contributed by atoms with Crippen molar-refractivity contribution in [3.63, 3.8) is 0 Å². The van der Waals surface area contributed by atoms with Crippen LogP contribution in [0.4, 0.5) is 0 Å². The monoisotopic (exact) mass is 212 g/mol. The van der Waals surface area contributed by atoms with Gasteiger partial charge < -0.3 is 4.57 Å². The van der Waals surface area contributed by atoms with E-state index >= 15 is 0 Å². The van der Waals surface area contributed by atoms with E-state index in [9.17, 15) is 4.79 Å². The zero-order chi connectivity index (χ0) is 11.0. The van der Waals surface area contributed by atoms with E-state index in [0.29, 0.717) is 6.42 Å². The molecule has 80 valence electrons. The lowest BCUT2D eigenvalue weighted by molar-refractivity contribution is 0.0972. The normalized spacial score (nSPS) is 14.9. The first-order chi connectivity index (χ1) is 7.86. The second kappa shape index (κ2) is 3.59. The van der Waals surface area contributed by atoms with Crippen molar-refractivity contribution >= 4 is 5.78 Å². The second-order valence-electron chi connectivity index (χ2n) is 4.03. The number of rotatable bonds is 1. The maximum Gasteiger partial charge on any atom is 0.164 e. The Morgan fingerprint density at radius 3 is 2.75 bits per heavy atom. The number of hydrogen-bond acceptors (Lipinski definition) is 2. The lowest BCUT2D eigenvalue weighted by Crippen LogP contribution is -2.12. The number of hydrogen-bond donors (Lipinski definition) is 0. The summed E-state index contributed by atoms with van der Waals surface area (Å²) >= 11 is 0. The molecule has 0 saturated carbocycles. The highest BCUT2D eigenvalue weighted by Gasteiger charge is 2.20. The highest BCUT2D eigenvalue weighted by molar-refractivity contribution is 5.98. The van der Waals surface area contributed by atoms with Crippen LogP contribution in [0.5, 0.6) is 0 Å². The first kappa shape index (κ1) is 9.33. The lowest BCUT2D eigenvalue weighted by atomic mass is 9.97. The van der Waals surface area contributed by atoms with Crippen molar-refractivity contribution in [1.82, 2.24) is 9.55 Å². The number of fused-ring (bicyclic) bond motifs is 1. The van der Waals surface area contributed by atoms with Crippen LogP contribution in [0.25, 0.3) is 5.69 Å². The summed E-state index contributed by atoms with van der Waals surface area (Å²) in [5.74, 6) is 0.272. The Bertz CT molecular complexity index is 528. The fourth-order valence-corrected chi connectivity index (χ4v) is 2.27. The zero-order valence-electron chi connectivity index (χ0n) is 8.89. The van der Waals surface area contributed by atoms with Crippen molar-refractivity contribution in [2.75, 3.05) is 0 Å². The summed E-state index contributed by atoms with van der Waals surface area (Å²) in [5.41, 5.74) is 3.11. The maximum atomic E-state index is 11.7. The molecule has 0 N–H and O–H groups in total. The largest absolute Gasteiger partial charge is 0.320 e. The Hall–Kier alpha value is -1.90. The summed E-state index contributed by atoms with van der Waals surface area (Å²) in [6.45, 7) is 0. The molecule has 1 aliphatic rings. The molecule has 0 atom stereocenters. The van der Waals surface area contributed by atoms with Crippen LogP contribution in [0.15, 0.2) is 36.8 Å². The molecule has 0 aliphatic heterocycles. The van der Waals surface area contributed by atoms with Gasteiger partial charge in [-0.05, 0) is 31.0 Å². The molecule has 3 rings (SSSR count). The first-order valence-corrected chi connectivity index (χ1v) is 5.50. The number of carbonyl (C=O) groups is 1. The molecular formula is C13H12N2O. The van der Waals surface area contributed by atoms with Crippen molar-refractivity contribution in [3.8, 4) is 5.69 Å². The molecule has 2 heterocycles. The fraction of sp³-hybridized carbons (Fsp3) is 0.231. The summed E-state index contributed by atoms with van der Waals surface area (Å²) in [7, 11) is 0. The third kappa shape index (κ3) is 1.36. The van der Waals surface area contributed by atoms with Gasteiger partial charge in [0.1, 0.15) is 0 Å². The summed E-state index contributed by atoms with van der Waals surface area (Å²) < 4.78 is 2.09. The number of aromatic nitrogens is 2. The van der Waals surface area contributed by atoms with Crippen molar-refractivity contribution < 1.29 is 4.79 Å². The van der Waals surface area contributed by atoms with Crippen LogP contribution in [-0.2, 0) is 6.42 Å². The highest BCUT2D eigenvalue weighted by Crippen LogP contribution is 2.24. The number of nitrogens with zero attached hydrogens (tertiary/aromatic N) is 2. The minimum Gasteiger partial charge on any atom is -0.320 e. The predicted molar refractivity (Wildman–Crippen MR) is 60.8 cm³/mol. The minimum atomic E-state index is 0.272. The van der Waals surface area contributed by atoms with Gasteiger partial charge in [-0.25, -0.2) is 0 Å². The molecule has 0 aromatic carbocycles. The average molecular weight is 212 g/mol. The highest BCUT2D eigenvalue weighted by atomic mass is 16.1. The molecule has 0 bridgehead atoms. The van der Waals surface area contributed by atoms with Gasteiger partial charge in [-0.15, -0.1) is 0 Å². The lowest BCUT2D eigenvalue weighted by Gasteiger charge is -2.14. The Kier molecular flexibility index (Phi) is 2.10. The van der Waals surface area contributed by atoms with Gasteiger partial charge in [-0.2, -0.15) is 0 Å². The SMILES string of the molecule is O=C1CCCc2c1ccn2-c1ccncc1. The number of carbonyl (C=O) groups excluding carboxylic acids is 1. The van der Waals surface area contributed by atoms with Crippen molar-refractivity contribution in [2.24, 2.45) is 0 Å². The number of Topliss-reactive ketones (excluding diaryl/α,β-unsaturated/α-hetero) is 1. The van der Waals surface area contributed by atoms with Crippen LogP contribution in [0, 0.1) is 0 Å². The molecule has 2 aromatic heterocycles. The smallest absolute Gasteiger partial charge is 0.164 e. The predicted octanol–water partition coefficient (Wildman–Crippen LogP) is 2.39. The van der Waals surface area contributed by atoms with Crippen molar-refractivity contribution in [3.05, 3.63) is 48.0 Å². The topological polar surface area (TPSA) is 34.9 Å². The quantitative estimate of drug-likeness (QED) is 0.727. The Balaban J connectivity index is 2.13. The third-order valence-electron chi connectivity index (χ3n) is 3.05. The summed E-state index contributed by atoms with van der Waals surface area (Å²) in [5, 5.41) is 0. The fourth-order valence-electron chi connectivity index (χ4n) is 2.27. The first-order valence-electron chi connectivity index (χ1n) is 5.50. The van der Waals surface area contributed by atoms with Crippen molar-refractivity contribution in [2.45, 2.75) is 19.3 Å². The molecule has 2 aromatic rings. The molecule has 1 aliphatic carbocycles. The molecule has 0 saturated heterocycles. The summed E-state index contributed by atoms with van der Waals surface area (Å²) in [6, 6.07) is 5.84. The molecular weight excluding hydrogens is 200 g/mol. The second-order valence-corrected chi connectivity index (χ2v) is 4.03.